The number of carbonyl (C=O) groups excluding carboxylic acids is 1. The summed E-state index contributed by atoms with van der Waals surface area (Å²) in [5.41, 5.74) is 0. The summed E-state index contributed by atoms with van der Waals surface area (Å²) in [6.45, 7) is 6.40. The predicted molar refractivity (Wildman–Crippen MR) is 97.1 cm³/mol. The summed E-state index contributed by atoms with van der Waals surface area (Å²) in [6.07, 6.45) is 1.05. The van der Waals surface area contributed by atoms with Crippen molar-refractivity contribution in [2.75, 3.05) is 51.2 Å². The maximum Gasteiger partial charge on any atom is 0.239 e. The van der Waals surface area contributed by atoms with Crippen molar-refractivity contribution in [1.82, 2.24) is 15.0 Å². The van der Waals surface area contributed by atoms with Crippen molar-refractivity contribution >= 4 is 11.7 Å². The van der Waals surface area contributed by atoms with Crippen LogP contribution in [0, 0.1) is 6.92 Å². The molecule has 0 spiro atoms. The van der Waals surface area contributed by atoms with E-state index in [1.54, 1.807) is 19.3 Å². The van der Waals surface area contributed by atoms with Crippen LogP contribution in [0.2, 0.25) is 0 Å². The third-order valence-electron chi connectivity index (χ3n) is 4.33. The number of β-amino-alcohol motifs (C(OH)–C–C–N with tert-alkyl or cyclic N) is 1. The number of aliphatic hydroxyl groups is 1. The fourth-order valence-electron chi connectivity index (χ4n) is 2.98. The number of ether oxygens (including phenoxy) is 1. The molecule has 1 amide bonds. The van der Waals surface area contributed by atoms with Gasteiger partial charge in [0.25, 0.3) is 0 Å². The van der Waals surface area contributed by atoms with Gasteiger partial charge >= 0.3 is 0 Å². The molecule has 9 nitrogen and oxygen atoms in total. The van der Waals surface area contributed by atoms with E-state index in [9.17, 15) is 9.90 Å². The van der Waals surface area contributed by atoms with Crippen LogP contribution in [0.25, 0.3) is 0 Å². The lowest BCUT2D eigenvalue weighted by atomic mass is 10.2. The second-order valence-corrected chi connectivity index (χ2v) is 6.70. The van der Waals surface area contributed by atoms with Gasteiger partial charge in [-0.2, -0.15) is 0 Å². The van der Waals surface area contributed by atoms with Gasteiger partial charge in [0.05, 0.1) is 25.5 Å². The van der Waals surface area contributed by atoms with Crippen LogP contribution in [0.4, 0.5) is 5.82 Å². The Balaban J connectivity index is 1.29. The number of aliphatic hydroxyl groups excluding tert-OH is 1. The SMILES string of the molecule is Cc1cc(NC(=O)CN2CCN(CC(O)COCc3ccco3)CC2)no1. The zero-order valence-corrected chi connectivity index (χ0v) is 15.5. The van der Waals surface area contributed by atoms with E-state index in [1.165, 1.54) is 0 Å². The van der Waals surface area contributed by atoms with Crippen LogP contribution in [0.1, 0.15) is 11.5 Å². The highest BCUT2D eigenvalue weighted by Gasteiger charge is 2.21. The van der Waals surface area contributed by atoms with Gasteiger partial charge in [0.2, 0.25) is 5.91 Å². The van der Waals surface area contributed by atoms with E-state index < -0.39 is 6.10 Å². The number of carbonyl (C=O) groups is 1. The van der Waals surface area contributed by atoms with Crippen LogP contribution in [0.5, 0.6) is 0 Å². The number of nitrogens with zero attached hydrogens (tertiary/aromatic N) is 3. The molecule has 2 N–H and O–H groups in total. The molecule has 9 heteroatoms. The van der Waals surface area contributed by atoms with Crippen molar-refractivity contribution in [2.45, 2.75) is 19.6 Å². The van der Waals surface area contributed by atoms with E-state index in [2.05, 4.69) is 20.3 Å². The smallest absolute Gasteiger partial charge is 0.239 e. The zero-order valence-electron chi connectivity index (χ0n) is 15.5. The fourth-order valence-corrected chi connectivity index (χ4v) is 2.98. The Hall–Kier alpha value is -2.20. The highest BCUT2D eigenvalue weighted by molar-refractivity contribution is 5.91. The van der Waals surface area contributed by atoms with E-state index in [0.29, 0.717) is 31.3 Å². The number of piperazine rings is 1. The topological polar surface area (TPSA) is 104 Å². The second-order valence-electron chi connectivity index (χ2n) is 6.70. The standard InChI is InChI=1S/C18H26N4O5/c1-14-9-17(20-27-14)19-18(24)11-22-6-4-21(5-7-22)10-15(23)12-25-13-16-3-2-8-26-16/h2-3,8-9,15,23H,4-7,10-13H2,1H3,(H,19,20,24). The Bertz CT molecular complexity index is 694. The molecule has 1 fully saturated rings. The zero-order chi connectivity index (χ0) is 19.1. The minimum Gasteiger partial charge on any atom is -0.467 e. The molecule has 1 aliphatic heterocycles. The van der Waals surface area contributed by atoms with Gasteiger partial charge in [-0.1, -0.05) is 5.16 Å². The Labute approximate surface area is 157 Å². The lowest BCUT2D eigenvalue weighted by molar-refractivity contribution is -0.117. The van der Waals surface area contributed by atoms with Gasteiger partial charge in [-0.25, -0.2) is 0 Å². The van der Waals surface area contributed by atoms with Crippen molar-refractivity contribution in [3.05, 3.63) is 36.0 Å². The van der Waals surface area contributed by atoms with Crippen LogP contribution in [-0.4, -0.2) is 77.9 Å². The van der Waals surface area contributed by atoms with Gasteiger partial charge in [0.15, 0.2) is 5.82 Å². The third-order valence-corrected chi connectivity index (χ3v) is 4.33. The maximum atomic E-state index is 12.1. The van der Waals surface area contributed by atoms with Gasteiger partial charge in [0, 0.05) is 38.8 Å². The molecule has 3 rings (SSSR count). The first-order valence-corrected chi connectivity index (χ1v) is 9.04. The number of aryl methyl sites for hydroxylation is 1. The lowest BCUT2D eigenvalue weighted by Crippen LogP contribution is -2.50. The number of hydrogen-bond acceptors (Lipinski definition) is 8. The largest absolute Gasteiger partial charge is 0.467 e. The lowest BCUT2D eigenvalue weighted by Gasteiger charge is -2.35. The van der Waals surface area contributed by atoms with Crippen LogP contribution in [-0.2, 0) is 16.1 Å². The Morgan fingerprint density at radius 3 is 2.81 bits per heavy atom. The normalized spacial score (nSPS) is 17.1. The molecule has 0 saturated carbocycles. The fraction of sp³-hybridized carbons (Fsp3) is 0.556. The Morgan fingerprint density at radius 1 is 1.37 bits per heavy atom. The average Bonchev–Trinajstić information content (AvgIpc) is 3.28. The summed E-state index contributed by atoms with van der Waals surface area (Å²) < 4.78 is 15.6. The van der Waals surface area contributed by atoms with Gasteiger partial charge in [0.1, 0.15) is 18.1 Å². The van der Waals surface area contributed by atoms with Crippen molar-refractivity contribution < 1.29 is 23.6 Å². The van der Waals surface area contributed by atoms with Crippen LogP contribution < -0.4 is 5.32 Å². The summed E-state index contributed by atoms with van der Waals surface area (Å²) in [6, 6.07) is 5.33. The molecule has 2 aromatic rings. The molecule has 1 unspecified atom stereocenters. The van der Waals surface area contributed by atoms with Gasteiger partial charge < -0.3 is 24.1 Å². The van der Waals surface area contributed by atoms with E-state index in [4.69, 9.17) is 13.7 Å². The molecule has 0 radical (unpaired) electrons. The first-order chi connectivity index (χ1) is 13.1. The van der Waals surface area contributed by atoms with E-state index in [-0.39, 0.29) is 12.5 Å². The molecule has 1 aliphatic rings. The molecule has 1 atom stereocenters. The van der Waals surface area contributed by atoms with Crippen LogP contribution >= 0.6 is 0 Å². The quantitative estimate of drug-likeness (QED) is 0.657. The van der Waals surface area contributed by atoms with Gasteiger partial charge in [-0.3, -0.25) is 14.6 Å². The van der Waals surface area contributed by atoms with Gasteiger partial charge in [-0.15, -0.1) is 0 Å². The molecule has 1 saturated heterocycles. The number of nitrogens with one attached hydrogen (secondary N) is 1. The predicted octanol–water partition coefficient (Wildman–Crippen LogP) is 0.710. The molecular formula is C18H26N4O5. The van der Waals surface area contributed by atoms with Crippen molar-refractivity contribution in [2.24, 2.45) is 0 Å². The summed E-state index contributed by atoms with van der Waals surface area (Å²) >= 11 is 0. The molecular weight excluding hydrogens is 352 g/mol. The average molecular weight is 378 g/mol. The molecule has 148 valence electrons. The third kappa shape index (κ3) is 6.47. The summed E-state index contributed by atoms with van der Waals surface area (Å²) in [5, 5.41) is 16.6. The molecule has 2 aromatic heterocycles. The molecule has 27 heavy (non-hydrogen) atoms. The maximum absolute atomic E-state index is 12.1. The van der Waals surface area contributed by atoms with Crippen molar-refractivity contribution in [1.29, 1.82) is 0 Å². The number of hydrogen-bond donors (Lipinski definition) is 2. The minimum atomic E-state index is -0.551. The highest BCUT2D eigenvalue weighted by atomic mass is 16.5. The van der Waals surface area contributed by atoms with Gasteiger partial charge in [-0.05, 0) is 19.1 Å². The van der Waals surface area contributed by atoms with Crippen LogP contribution in [0.3, 0.4) is 0 Å². The highest BCUT2D eigenvalue weighted by Crippen LogP contribution is 2.08. The summed E-state index contributed by atoms with van der Waals surface area (Å²) in [5.74, 6) is 1.73. The van der Waals surface area contributed by atoms with Crippen molar-refractivity contribution in [3.63, 3.8) is 0 Å². The first kappa shape index (κ1) is 19.6. The number of amides is 1. The van der Waals surface area contributed by atoms with E-state index >= 15 is 0 Å². The van der Waals surface area contributed by atoms with Crippen LogP contribution in [0.15, 0.2) is 33.4 Å². The van der Waals surface area contributed by atoms with Crippen molar-refractivity contribution in [3.8, 4) is 0 Å². The van der Waals surface area contributed by atoms with E-state index in [0.717, 1.165) is 31.9 Å². The Morgan fingerprint density at radius 2 is 2.15 bits per heavy atom. The monoisotopic (exact) mass is 378 g/mol. The minimum absolute atomic E-state index is 0.108. The number of aromatic nitrogens is 1. The molecule has 0 aromatic carbocycles. The molecule has 3 heterocycles. The molecule has 0 bridgehead atoms. The molecule has 0 aliphatic carbocycles. The first-order valence-electron chi connectivity index (χ1n) is 9.04. The number of anilines is 1. The Kier molecular flexibility index (Phi) is 6.99. The second kappa shape index (κ2) is 9.65. The summed E-state index contributed by atoms with van der Waals surface area (Å²) in [4.78, 5) is 16.3. The number of furan rings is 1. The summed E-state index contributed by atoms with van der Waals surface area (Å²) in [7, 11) is 0. The number of rotatable bonds is 9. The van der Waals surface area contributed by atoms with E-state index in [1.807, 2.05) is 12.1 Å².